The van der Waals surface area contributed by atoms with Crippen LogP contribution < -0.4 is 14.4 Å². The second kappa shape index (κ2) is 13.2. The standard InChI is InChI=1S/C29H34FN3O5S/c1-5-27(29(35)31-21(2)3)32(19-22-10-9-13-25(18-22)38-4)28(34)20-33(24-11-7-6-8-12-24)39(36,37)26-16-14-23(30)15-17-26/h6-18,21,27H,5,19-20H2,1-4H3,(H,31,35)/t27-/m0/s1. The molecule has 39 heavy (non-hydrogen) atoms. The Morgan fingerprint density at radius 3 is 2.23 bits per heavy atom. The van der Waals surface area contributed by atoms with E-state index in [-0.39, 0.29) is 29.1 Å². The number of carbonyl (C=O) groups is 2. The highest BCUT2D eigenvalue weighted by Crippen LogP contribution is 2.25. The van der Waals surface area contributed by atoms with Crippen molar-refractivity contribution in [1.29, 1.82) is 0 Å². The van der Waals surface area contributed by atoms with Crippen molar-refractivity contribution in [1.82, 2.24) is 10.2 Å². The molecule has 3 rings (SSSR count). The molecular weight excluding hydrogens is 521 g/mol. The number of hydrogen-bond acceptors (Lipinski definition) is 5. The molecule has 0 saturated heterocycles. The lowest BCUT2D eigenvalue weighted by molar-refractivity contribution is -0.140. The fourth-order valence-corrected chi connectivity index (χ4v) is 5.54. The van der Waals surface area contributed by atoms with Crippen molar-refractivity contribution >= 4 is 27.5 Å². The van der Waals surface area contributed by atoms with E-state index in [1.54, 1.807) is 61.5 Å². The minimum atomic E-state index is -4.26. The number of halogens is 1. The Hall–Kier alpha value is -3.92. The Bertz CT molecular complexity index is 1370. The zero-order chi connectivity index (χ0) is 28.6. The topological polar surface area (TPSA) is 96.0 Å². The SMILES string of the molecule is CC[C@@H](C(=O)NC(C)C)N(Cc1cccc(OC)c1)C(=O)CN(c1ccccc1)S(=O)(=O)c1ccc(F)cc1. The molecule has 10 heteroatoms. The highest BCUT2D eigenvalue weighted by Gasteiger charge is 2.33. The second-order valence-corrected chi connectivity index (χ2v) is 11.1. The first kappa shape index (κ1) is 29.6. The summed E-state index contributed by atoms with van der Waals surface area (Å²) in [4.78, 5) is 28.3. The number of carbonyl (C=O) groups excluding carboxylic acids is 2. The normalized spacial score (nSPS) is 12.1. The first-order chi connectivity index (χ1) is 18.6. The average molecular weight is 556 g/mol. The van der Waals surface area contributed by atoms with Crippen LogP contribution in [0.1, 0.15) is 32.8 Å². The fraction of sp³-hybridized carbons (Fsp3) is 0.310. The molecule has 1 atom stereocenters. The zero-order valence-corrected chi connectivity index (χ0v) is 23.3. The van der Waals surface area contributed by atoms with Crippen LogP contribution in [0.5, 0.6) is 5.75 Å². The smallest absolute Gasteiger partial charge is 0.264 e. The molecule has 0 radical (unpaired) electrons. The van der Waals surface area contributed by atoms with Crippen molar-refractivity contribution in [2.45, 2.75) is 50.7 Å². The van der Waals surface area contributed by atoms with E-state index >= 15 is 0 Å². The highest BCUT2D eigenvalue weighted by atomic mass is 32.2. The maximum atomic E-state index is 14.0. The number of benzene rings is 3. The van der Waals surface area contributed by atoms with Gasteiger partial charge in [0.1, 0.15) is 24.2 Å². The van der Waals surface area contributed by atoms with E-state index in [0.29, 0.717) is 17.7 Å². The van der Waals surface area contributed by atoms with Gasteiger partial charge < -0.3 is 15.0 Å². The van der Waals surface area contributed by atoms with Crippen LogP contribution in [0.15, 0.2) is 83.8 Å². The molecule has 0 aliphatic carbocycles. The number of rotatable bonds is 12. The summed E-state index contributed by atoms with van der Waals surface area (Å²) >= 11 is 0. The summed E-state index contributed by atoms with van der Waals surface area (Å²) in [6.07, 6.45) is 0.310. The molecule has 1 N–H and O–H groups in total. The third-order valence-corrected chi connectivity index (χ3v) is 7.82. The predicted molar refractivity (Wildman–Crippen MR) is 148 cm³/mol. The van der Waals surface area contributed by atoms with Gasteiger partial charge in [-0.3, -0.25) is 13.9 Å². The maximum absolute atomic E-state index is 14.0. The van der Waals surface area contributed by atoms with Gasteiger partial charge >= 0.3 is 0 Å². The number of sulfonamides is 1. The van der Waals surface area contributed by atoms with Crippen molar-refractivity contribution in [2.24, 2.45) is 0 Å². The number of anilines is 1. The van der Waals surface area contributed by atoms with E-state index in [4.69, 9.17) is 4.74 Å². The number of hydrogen-bond donors (Lipinski definition) is 1. The van der Waals surface area contributed by atoms with Crippen LogP contribution in [0.3, 0.4) is 0 Å². The predicted octanol–water partition coefficient (Wildman–Crippen LogP) is 4.36. The lowest BCUT2D eigenvalue weighted by atomic mass is 10.1. The minimum Gasteiger partial charge on any atom is -0.497 e. The minimum absolute atomic E-state index is 0.0548. The van der Waals surface area contributed by atoms with E-state index in [9.17, 15) is 22.4 Å². The van der Waals surface area contributed by atoms with E-state index in [1.165, 1.54) is 12.0 Å². The van der Waals surface area contributed by atoms with Gasteiger partial charge in [0.05, 0.1) is 17.7 Å². The third kappa shape index (κ3) is 7.57. The van der Waals surface area contributed by atoms with Gasteiger partial charge in [-0.2, -0.15) is 0 Å². The Morgan fingerprint density at radius 1 is 0.974 bits per heavy atom. The molecule has 3 aromatic rings. The summed E-state index contributed by atoms with van der Waals surface area (Å²) < 4.78 is 47.2. The molecule has 0 spiro atoms. The number of nitrogens with zero attached hydrogens (tertiary/aromatic N) is 2. The summed E-state index contributed by atoms with van der Waals surface area (Å²) in [5.41, 5.74) is 0.974. The molecule has 0 aliphatic heterocycles. The van der Waals surface area contributed by atoms with Crippen LogP contribution in [-0.2, 0) is 26.2 Å². The Morgan fingerprint density at radius 2 is 1.64 bits per heavy atom. The van der Waals surface area contributed by atoms with Gasteiger partial charge in [0, 0.05) is 12.6 Å². The van der Waals surface area contributed by atoms with Crippen LogP contribution in [0.2, 0.25) is 0 Å². The van der Waals surface area contributed by atoms with Crippen molar-refractivity contribution in [3.05, 3.63) is 90.2 Å². The summed E-state index contributed by atoms with van der Waals surface area (Å²) in [6, 6.07) is 18.7. The van der Waals surface area contributed by atoms with Crippen molar-refractivity contribution in [3.63, 3.8) is 0 Å². The molecule has 8 nitrogen and oxygen atoms in total. The third-order valence-electron chi connectivity index (χ3n) is 6.03. The van der Waals surface area contributed by atoms with Gasteiger partial charge in [-0.05, 0) is 74.4 Å². The van der Waals surface area contributed by atoms with Crippen molar-refractivity contribution < 1.29 is 27.1 Å². The number of amides is 2. The van der Waals surface area contributed by atoms with E-state index in [2.05, 4.69) is 5.32 Å². The lowest BCUT2D eigenvalue weighted by Gasteiger charge is -2.33. The number of ether oxygens (including phenoxy) is 1. The number of para-hydroxylation sites is 1. The number of nitrogens with one attached hydrogen (secondary N) is 1. The number of methoxy groups -OCH3 is 1. The Balaban J connectivity index is 2.04. The molecule has 0 heterocycles. The van der Waals surface area contributed by atoms with Crippen molar-refractivity contribution in [2.75, 3.05) is 18.0 Å². The van der Waals surface area contributed by atoms with Gasteiger partial charge in [-0.25, -0.2) is 12.8 Å². The lowest BCUT2D eigenvalue weighted by Crippen LogP contribution is -2.53. The molecule has 2 amide bonds. The van der Waals surface area contributed by atoms with Crippen LogP contribution >= 0.6 is 0 Å². The molecule has 0 fully saturated rings. The van der Waals surface area contributed by atoms with Gasteiger partial charge in [-0.1, -0.05) is 37.3 Å². The van der Waals surface area contributed by atoms with E-state index in [0.717, 1.165) is 28.6 Å². The quantitative estimate of drug-likeness (QED) is 0.358. The van der Waals surface area contributed by atoms with E-state index < -0.39 is 34.3 Å². The molecule has 0 unspecified atom stereocenters. The molecule has 0 aliphatic rings. The molecule has 3 aromatic carbocycles. The first-order valence-corrected chi connectivity index (χ1v) is 14.1. The second-order valence-electron chi connectivity index (χ2n) is 9.26. The van der Waals surface area contributed by atoms with E-state index in [1.807, 2.05) is 13.8 Å². The molecular formula is C29H34FN3O5S. The van der Waals surface area contributed by atoms with Gasteiger partial charge in [0.15, 0.2) is 0 Å². The molecule has 208 valence electrons. The molecule has 0 aromatic heterocycles. The summed E-state index contributed by atoms with van der Waals surface area (Å²) in [5, 5.41) is 2.86. The molecule has 0 bridgehead atoms. The summed E-state index contributed by atoms with van der Waals surface area (Å²) in [7, 11) is -2.72. The average Bonchev–Trinajstić information content (AvgIpc) is 2.91. The fourth-order valence-electron chi connectivity index (χ4n) is 4.12. The largest absolute Gasteiger partial charge is 0.497 e. The van der Waals surface area contributed by atoms with Crippen LogP contribution in [0.4, 0.5) is 10.1 Å². The summed E-state index contributed by atoms with van der Waals surface area (Å²) in [5.74, 6) is -0.901. The van der Waals surface area contributed by atoms with Gasteiger partial charge in [0.25, 0.3) is 10.0 Å². The zero-order valence-electron chi connectivity index (χ0n) is 22.5. The summed E-state index contributed by atoms with van der Waals surface area (Å²) in [6.45, 7) is 4.93. The van der Waals surface area contributed by atoms with Crippen molar-refractivity contribution in [3.8, 4) is 5.75 Å². The Labute approximate surface area is 229 Å². The highest BCUT2D eigenvalue weighted by molar-refractivity contribution is 7.92. The van der Waals surface area contributed by atoms with Crippen LogP contribution in [0, 0.1) is 5.82 Å². The maximum Gasteiger partial charge on any atom is 0.264 e. The van der Waals surface area contributed by atoms with Crippen LogP contribution in [-0.4, -0.2) is 50.9 Å². The van der Waals surface area contributed by atoms with Gasteiger partial charge in [-0.15, -0.1) is 0 Å². The Kier molecular flexibility index (Phi) is 10.1. The van der Waals surface area contributed by atoms with Gasteiger partial charge in [0.2, 0.25) is 11.8 Å². The molecule has 0 saturated carbocycles. The first-order valence-electron chi connectivity index (χ1n) is 12.6. The monoisotopic (exact) mass is 555 g/mol. The van der Waals surface area contributed by atoms with Crippen LogP contribution in [0.25, 0.3) is 0 Å².